The Hall–Kier alpha value is -2.81. The quantitative estimate of drug-likeness (QED) is 0.828. The van der Waals surface area contributed by atoms with Crippen molar-refractivity contribution in [3.63, 3.8) is 0 Å². The summed E-state index contributed by atoms with van der Waals surface area (Å²) in [6.07, 6.45) is 4.37. The van der Waals surface area contributed by atoms with Crippen LogP contribution in [0.2, 0.25) is 0 Å². The molecule has 9 heteroatoms. The normalized spacial score (nSPS) is 17.4. The van der Waals surface area contributed by atoms with Gasteiger partial charge in [0.25, 0.3) is 5.91 Å². The minimum atomic E-state index is -0.345. The monoisotopic (exact) mass is 344 g/mol. The molecule has 3 rings (SSSR count). The molecule has 2 aromatic rings. The van der Waals surface area contributed by atoms with Gasteiger partial charge in [0.15, 0.2) is 0 Å². The molecule has 2 N–H and O–H groups in total. The lowest BCUT2D eigenvalue weighted by atomic mass is 10.2. The molecule has 2 amide bonds. The first kappa shape index (κ1) is 17.0. The number of amides is 2. The first-order valence-corrected chi connectivity index (χ1v) is 8.00. The van der Waals surface area contributed by atoms with E-state index in [9.17, 15) is 9.59 Å². The second-order valence-corrected chi connectivity index (χ2v) is 5.86. The van der Waals surface area contributed by atoms with E-state index in [2.05, 4.69) is 25.3 Å². The zero-order valence-electron chi connectivity index (χ0n) is 14.2. The van der Waals surface area contributed by atoms with Crippen LogP contribution in [0.3, 0.4) is 0 Å². The van der Waals surface area contributed by atoms with Crippen molar-refractivity contribution in [2.45, 2.75) is 26.5 Å². The number of nitrogens with one attached hydrogen (secondary N) is 2. The lowest BCUT2D eigenvalue weighted by Gasteiger charge is -2.31. The third kappa shape index (κ3) is 4.18. The molecule has 0 saturated carbocycles. The average Bonchev–Trinajstić information content (AvgIpc) is 3.09. The number of H-pyrrole nitrogens is 1. The molecule has 1 fully saturated rings. The maximum Gasteiger partial charge on any atom is 0.274 e. The van der Waals surface area contributed by atoms with Gasteiger partial charge in [0.05, 0.1) is 43.5 Å². The van der Waals surface area contributed by atoms with Gasteiger partial charge in [-0.25, -0.2) is 9.97 Å². The first-order valence-electron chi connectivity index (χ1n) is 8.00. The lowest BCUT2D eigenvalue weighted by Crippen LogP contribution is -2.42. The summed E-state index contributed by atoms with van der Waals surface area (Å²) < 4.78 is 5.73. The van der Waals surface area contributed by atoms with Crippen LogP contribution in [0.15, 0.2) is 18.6 Å². The largest absolute Gasteiger partial charge is 0.367 e. The molecule has 0 bridgehead atoms. The first-order chi connectivity index (χ1) is 12.0. The fourth-order valence-electron chi connectivity index (χ4n) is 2.51. The number of carbonyl (C=O) groups is 2. The van der Waals surface area contributed by atoms with Crippen LogP contribution < -0.4 is 5.32 Å². The molecule has 1 atom stereocenters. The number of ether oxygens (including phenoxy) is 1. The van der Waals surface area contributed by atoms with Crippen LogP contribution in [-0.4, -0.2) is 56.3 Å². The number of carbonyl (C=O) groups excluding carboxylic acids is 2. The maximum absolute atomic E-state index is 12.6. The molecule has 25 heavy (non-hydrogen) atoms. The highest BCUT2D eigenvalue weighted by molar-refractivity contribution is 5.92. The highest BCUT2D eigenvalue weighted by Gasteiger charge is 2.28. The van der Waals surface area contributed by atoms with Gasteiger partial charge in [-0.05, 0) is 6.92 Å². The Morgan fingerprint density at radius 1 is 1.32 bits per heavy atom. The number of nitrogens with zero attached hydrogens (tertiary/aromatic N) is 4. The molecule has 9 nitrogen and oxygen atoms in total. The molecule has 0 unspecified atom stereocenters. The molecule has 1 saturated heterocycles. The van der Waals surface area contributed by atoms with Crippen molar-refractivity contribution >= 4 is 11.8 Å². The van der Waals surface area contributed by atoms with Crippen molar-refractivity contribution in [3.8, 4) is 0 Å². The van der Waals surface area contributed by atoms with E-state index in [-0.39, 0.29) is 17.9 Å². The Bertz CT molecular complexity index is 757. The van der Waals surface area contributed by atoms with E-state index in [1.54, 1.807) is 17.3 Å². The molecule has 0 aromatic carbocycles. The van der Waals surface area contributed by atoms with E-state index in [1.807, 2.05) is 6.92 Å². The van der Waals surface area contributed by atoms with E-state index in [4.69, 9.17) is 4.74 Å². The van der Waals surface area contributed by atoms with Gasteiger partial charge in [0.2, 0.25) is 5.91 Å². The number of hydrogen-bond donors (Lipinski definition) is 2. The van der Waals surface area contributed by atoms with Gasteiger partial charge in [-0.1, -0.05) is 0 Å². The molecule has 0 aliphatic carbocycles. The zero-order chi connectivity index (χ0) is 17.8. The molecule has 2 aromatic heterocycles. The molecule has 0 radical (unpaired) electrons. The minimum absolute atomic E-state index is 0.110. The van der Waals surface area contributed by atoms with Crippen LogP contribution in [0.25, 0.3) is 0 Å². The number of aromatic nitrogens is 4. The summed E-state index contributed by atoms with van der Waals surface area (Å²) in [5.74, 6) is 0.347. The Balaban J connectivity index is 1.65. The maximum atomic E-state index is 12.6. The summed E-state index contributed by atoms with van der Waals surface area (Å²) in [7, 11) is 0. The molecule has 1 aliphatic heterocycles. The summed E-state index contributed by atoms with van der Waals surface area (Å²) in [5, 5.41) is 2.70. The summed E-state index contributed by atoms with van der Waals surface area (Å²) in [6.45, 7) is 4.93. The Labute approximate surface area is 144 Å². The fraction of sp³-hybridized carbons (Fsp3) is 0.438. The predicted octanol–water partition coefficient (Wildman–Crippen LogP) is 0.358. The van der Waals surface area contributed by atoms with Crippen LogP contribution >= 0.6 is 0 Å². The van der Waals surface area contributed by atoms with Crippen molar-refractivity contribution < 1.29 is 14.3 Å². The Morgan fingerprint density at radius 3 is 2.88 bits per heavy atom. The van der Waals surface area contributed by atoms with Crippen LogP contribution in [0.5, 0.6) is 0 Å². The molecule has 0 spiro atoms. The van der Waals surface area contributed by atoms with Gasteiger partial charge in [-0.2, -0.15) is 0 Å². The number of aromatic amines is 1. The third-order valence-electron chi connectivity index (χ3n) is 3.83. The van der Waals surface area contributed by atoms with Gasteiger partial charge in [0.1, 0.15) is 17.6 Å². The van der Waals surface area contributed by atoms with E-state index in [1.165, 1.54) is 13.1 Å². The van der Waals surface area contributed by atoms with E-state index < -0.39 is 0 Å². The topological polar surface area (TPSA) is 113 Å². The van der Waals surface area contributed by atoms with Crippen LogP contribution in [-0.2, 0) is 16.1 Å². The zero-order valence-corrected chi connectivity index (χ0v) is 14.2. The van der Waals surface area contributed by atoms with E-state index in [0.29, 0.717) is 37.8 Å². The number of rotatable bonds is 4. The lowest BCUT2D eigenvalue weighted by molar-refractivity contribution is -0.119. The van der Waals surface area contributed by atoms with Crippen molar-refractivity contribution in [2.75, 3.05) is 19.7 Å². The van der Waals surface area contributed by atoms with Gasteiger partial charge < -0.3 is 19.9 Å². The number of hydrogen-bond acceptors (Lipinski definition) is 6. The highest BCUT2D eigenvalue weighted by atomic mass is 16.5. The van der Waals surface area contributed by atoms with Crippen molar-refractivity contribution in [3.05, 3.63) is 41.5 Å². The summed E-state index contributed by atoms with van der Waals surface area (Å²) >= 11 is 0. The standard InChI is InChI=1S/C16H20N6O3/c1-10-5-19-13(8-17-10)16(24)22-3-4-25-14(9-22)15-20-7-12(21-15)6-18-11(2)23/h5,7-8,14H,3-4,6,9H2,1-2H3,(H,18,23)(H,20,21)/t14-/m1/s1. The summed E-state index contributed by atoms with van der Waals surface area (Å²) in [4.78, 5) is 40.9. The second-order valence-electron chi connectivity index (χ2n) is 5.86. The molecule has 132 valence electrons. The smallest absolute Gasteiger partial charge is 0.274 e. The van der Waals surface area contributed by atoms with Crippen LogP contribution in [0.4, 0.5) is 0 Å². The van der Waals surface area contributed by atoms with Gasteiger partial charge in [-0.15, -0.1) is 0 Å². The predicted molar refractivity (Wildman–Crippen MR) is 87.5 cm³/mol. The second kappa shape index (κ2) is 7.39. The van der Waals surface area contributed by atoms with E-state index in [0.717, 1.165) is 11.4 Å². The Kier molecular flexibility index (Phi) is 5.03. The van der Waals surface area contributed by atoms with Crippen LogP contribution in [0, 0.1) is 6.92 Å². The third-order valence-corrected chi connectivity index (χ3v) is 3.83. The van der Waals surface area contributed by atoms with Gasteiger partial charge >= 0.3 is 0 Å². The Morgan fingerprint density at radius 2 is 2.16 bits per heavy atom. The summed E-state index contributed by atoms with van der Waals surface area (Å²) in [5.41, 5.74) is 1.86. The molecular weight excluding hydrogens is 324 g/mol. The van der Waals surface area contributed by atoms with Gasteiger partial charge in [-0.3, -0.25) is 14.6 Å². The average molecular weight is 344 g/mol. The number of aryl methyl sites for hydroxylation is 1. The van der Waals surface area contributed by atoms with E-state index >= 15 is 0 Å². The van der Waals surface area contributed by atoms with Crippen molar-refractivity contribution in [1.29, 1.82) is 0 Å². The van der Waals surface area contributed by atoms with Crippen molar-refractivity contribution in [1.82, 2.24) is 30.2 Å². The van der Waals surface area contributed by atoms with Crippen molar-refractivity contribution in [2.24, 2.45) is 0 Å². The minimum Gasteiger partial charge on any atom is -0.367 e. The van der Waals surface area contributed by atoms with Gasteiger partial charge in [0, 0.05) is 19.7 Å². The number of imidazole rings is 1. The SMILES string of the molecule is CC(=O)NCc1cnc([C@H]2CN(C(=O)c3cnc(C)cn3)CCO2)[nH]1. The fourth-order valence-corrected chi connectivity index (χ4v) is 2.51. The molecular formula is C16H20N6O3. The molecule has 1 aliphatic rings. The summed E-state index contributed by atoms with van der Waals surface area (Å²) in [6, 6.07) is 0. The van der Waals surface area contributed by atoms with Crippen LogP contribution in [0.1, 0.15) is 40.7 Å². The number of morpholine rings is 1. The molecule has 3 heterocycles. The highest BCUT2D eigenvalue weighted by Crippen LogP contribution is 2.20.